The molecule has 0 saturated carbocycles. The van der Waals surface area contributed by atoms with Gasteiger partial charge in [-0.25, -0.2) is 9.97 Å². The summed E-state index contributed by atoms with van der Waals surface area (Å²) in [6, 6.07) is 0.390. The Kier molecular flexibility index (Phi) is 2.62. The predicted molar refractivity (Wildman–Crippen MR) is 72.9 cm³/mol. The minimum Gasteiger partial charge on any atom is -0.452 e. The fourth-order valence-corrected chi connectivity index (χ4v) is 2.12. The first kappa shape index (κ1) is 11.9. The van der Waals surface area contributed by atoms with E-state index in [-0.39, 0.29) is 5.60 Å². The third-order valence-electron chi connectivity index (χ3n) is 3.57. The second-order valence-electron chi connectivity index (χ2n) is 5.03. The molecule has 0 bridgehead atoms. The van der Waals surface area contributed by atoms with Crippen LogP contribution in [-0.4, -0.2) is 25.1 Å². The van der Waals surface area contributed by atoms with E-state index in [0.717, 1.165) is 17.6 Å². The molecule has 2 heterocycles. The van der Waals surface area contributed by atoms with E-state index in [2.05, 4.69) is 41.0 Å². The molecule has 0 fully saturated rings. The van der Waals surface area contributed by atoms with Crippen LogP contribution in [0.4, 0.5) is 0 Å². The van der Waals surface area contributed by atoms with Crippen LogP contribution in [0.3, 0.4) is 0 Å². The van der Waals surface area contributed by atoms with Gasteiger partial charge in [-0.1, -0.05) is 18.2 Å². The van der Waals surface area contributed by atoms with Crippen LogP contribution in [0.25, 0.3) is 11.2 Å². The predicted octanol–water partition coefficient (Wildman–Crippen LogP) is 2.41. The number of aromatic nitrogens is 4. The molecule has 1 atom stereocenters. The van der Waals surface area contributed by atoms with Gasteiger partial charge in [0.05, 0.1) is 12.5 Å². The zero-order valence-corrected chi connectivity index (χ0v) is 11.3. The maximum absolute atomic E-state index is 6.00. The zero-order chi connectivity index (χ0) is 13.5. The molecule has 0 amide bonds. The summed E-state index contributed by atoms with van der Waals surface area (Å²) >= 11 is 0. The van der Waals surface area contributed by atoms with E-state index in [1.54, 1.807) is 12.5 Å². The first-order chi connectivity index (χ1) is 9.08. The van der Waals surface area contributed by atoms with Crippen molar-refractivity contribution in [1.29, 1.82) is 0 Å². The molecule has 5 nitrogen and oxygen atoms in total. The highest BCUT2D eigenvalue weighted by atomic mass is 16.5. The van der Waals surface area contributed by atoms with Crippen LogP contribution >= 0.6 is 0 Å². The molecule has 98 valence electrons. The molecule has 2 aromatic rings. The zero-order valence-electron chi connectivity index (χ0n) is 11.3. The molecule has 1 aliphatic carbocycles. The number of rotatable bonds is 2. The summed E-state index contributed by atoms with van der Waals surface area (Å²) in [5.41, 5.74) is 2.35. The van der Waals surface area contributed by atoms with Crippen molar-refractivity contribution in [2.24, 2.45) is 7.05 Å². The Morgan fingerprint density at radius 2 is 2.21 bits per heavy atom. The molecular weight excluding hydrogens is 240 g/mol. The van der Waals surface area contributed by atoms with Crippen molar-refractivity contribution in [3.05, 3.63) is 36.3 Å². The normalized spacial score (nSPS) is 22.6. The van der Waals surface area contributed by atoms with E-state index >= 15 is 0 Å². The average Bonchev–Trinajstić information content (AvgIpc) is 2.75. The molecule has 0 saturated heterocycles. The van der Waals surface area contributed by atoms with Gasteiger partial charge in [0.25, 0.3) is 0 Å². The van der Waals surface area contributed by atoms with E-state index in [4.69, 9.17) is 4.74 Å². The molecule has 5 heteroatoms. The van der Waals surface area contributed by atoms with E-state index in [0.29, 0.717) is 6.01 Å². The van der Waals surface area contributed by atoms with Gasteiger partial charge >= 0.3 is 6.01 Å². The van der Waals surface area contributed by atoms with Gasteiger partial charge in [-0.2, -0.15) is 4.98 Å². The van der Waals surface area contributed by atoms with Crippen LogP contribution in [0.15, 0.2) is 36.3 Å². The topological polar surface area (TPSA) is 52.8 Å². The highest BCUT2D eigenvalue weighted by Crippen LogP contribution is 2.29. The lowest BCUT2D eigenvalue weighted by Gasteiger charge is -2.31. The van der Waals surface area contributed by atoms with Crippen LogP contribution in [0.1, 0.15) is 20.3 Å². The first-order valence-electron chi connectivity index (χ1n) is 6.25. The van der Waals surface area contributed by atoms with Gasteiger partial charge in [0.15, 0.2) is 5.65 Å². The third-order valence-corrected chi connectivity index (χ3v) is 3.57. The molecule has 0 N–H and O–H groups in total. The number of ether oxygens (including phenoxy) is 1. The molecule has 0 aromatic carbocycles. The number of hydrogen-bond acceptors (Lipinski definition) is 4. The summed E-state index contributed by atoms with van der Waals surface area (Å²) in [4.78, 5) is 12.9. The van der Waals surface area contributed by atoms with E-state index in [9.17, 15) is 0 Å². The summed E-state index contributed by atoms with van der Waals surface area (Å²) in [7, 11) is 1.91. The van der Waals surface area contributed by atoms with Crippen LogP contribution in [0.5, 0.6) is 6.01 Å². The van der Waals surface area contributed by atoms with Crippen molar-refractivity contribution in [3.63, 3.8) is 0 Å². The van der Waals surface area contributed by atoms with Crippen molar-refractivity contribution in [2.75, 3.05) is 0 Å². The van der Waals surface area contributed by atoms with E-state index in [1.807, 2.05) is 17.7 Å². The smallest absolute Gasteiger partial charge is 0.319 e. The summed E-state index contributed by atoms with van der Waals surface area (Å²) in [5.74, 6) is 0. The van der Waals surface area contributed by atoms with Gasteiger partial charge in [-0.05, 0) is 19.4 Å². The number of nitrogens with zero attached hydrogens (tertiary/aromatic N) is 4. The second-order valence-corrected chi connectivity index (χ2v) is 5.03. The van der Waals surface area contributed by atoms with Gasteiger partial charge in [0.2, 0.25) is 0 Å². The molecule has 0 aliphatic heterocycles. The minimum atomic E-state index is -0.374. The standard InChI is InChI=1S/C14H16N4O/c1-10-6-4-5-7-14(10,2)19-13-15-8-11-12(17-13)18(3)9-16-11/h4-6,8-9H,7H2,1-3H3. The van der Waals surface area contributed by atoms with Crippen molar-refractivity contribution in [3.8, 4) is 6.01 Å². The van der Waals surface area contributed by atoms with Crippen molar-refractivity contribution in [1.82, 2.24) is 19.5 Å². The Morgan fingerprint density at radius 1 is 1.37 bits per heavy atom. The number of aryl methyl sites for hydroxylation is 1. The SMILES string of the molecule is CC1=CC=CCC1(C)Oc1ncc2ncn(C)c2n1. The molecule has 0 spiro atoms. The average molecular weight is 256 g/mol. The molecular formula is C14H16N4O. The monoisotopic (exact) mass is 256 g/mol. The van der Waals surface area contributed by atoms with E-state index < -0.39 is 0 Å². The third kappa shape index (κ3) is 2.01. The van der Waals surface area contributed by atoms with Crippen LogP contribution in [0, 0.1) is 0 Å². The molecule has 19 heavy (non-hydrogen) atoms. The maximum Gasteiger partial charge on any atom is 0.319 e. The lowest BCUT2D eigenvalue weighted by atomic mass is 9.89. The number of hydrogen-bond donors (Lipinski definition) is 0. The summed E-state index contributed by atoms with van der Waals surface area (Å²) in [5, 5.41) is 0. The molecule has 1 aliphatic rings. The Bertz CT molecular complexity index is 686. The van der Waals surface area contributed by atoms with E-state index in [1.165, 1.54) is 5.57 Å². The molecule has 1 unspecified atom stereocenters. The molecule has 0 radical (unpaired) electrons. The first-order valence-corrected chi connectivity index (χ1v) is 6.25. The highest BCUT2D eigenvalue weighted by molar-refractivity contribution is 5.69. The van der Waals surface area contributed by atoms with Crippen LogP contribution in [0.2, 0.25) is 0 Å². The Hall–Kier alpha value is -2.17. The van der Waals surface area contributed by atoms with Crippen molar-refractivity contribution in [2.45, 2.75) is 25.9 Å². The Labute approximate surface area is 111 Å². The fraction of sp³-hybridized carbons (Fsp3) is 0.357. The maximum atomic E-state index is 6.00. The Morgan fingerprint density at radius 3 is 3.00 bits per heavy atom. The van der Waals surface area contributed by atoms with Crippen molar-refractivity contribution < 1.29 is 4.74 Å². The van der Waals surface area contributed by atoms with Crippen molar-refractivity contribution >= 4 is 11.2 Å². The van der Waals surface area contributed by atoms with Gasteiger partial charge < -0.3 is 9.30 Å². The quantitative estimate of drug-likeness (QED) is 0.828. The number of fused-ring (bicyclic) bond motifs is 1. The van der Waals surface area contributed by atoms with Crippen LogP contribution < -0.4 is 4.74 Å². The van der Waals surface area contributed by atoms with Gasteiger partial charge in [0, 0.05) is 13.5 Å². The lowest BCUT2D eigenvalue weighted by molar-refractivity contribution is 0.116. The summed E-state index contributed by atoms with van der Waals surface area (Å²) in [6.45, 7) is 4.12. The number of imidazole rings is 1. The Balaban J connectivity index is 1.95. The second kappa shape index (κ2) is 4.19. The van der Waals surface area contributed by atoms with Gasteiger partial charge in [-0.3, -0.25) is 0 Å². The lowest BCUT2D eigenvalue weighted by Crippen LogP contribution is -2.35. The summed E-state index contributed by atoms with van der Waals surface area (Å²) < 4.78 is 7.86. The van der Waals surface area contributed by atoms with Crippen LogP contribution in [-0.2, 0) is 7.05 Å². The molecule has 2 aromatic heterocycles. The number of allylic oxidation sites excluding steroid dienone is 2. The van der Waals surface area contributed by atoms with Gasteiger partial charge in [0.1, 0.15) is 11.1 Å². The fourth-order valence-electron chi connectivity index (χ4n) is 2.12. The van der Waals surface area contributed by atoms with Gasteiger partial charge in [-0.15, -0.1) is 0 Å². The minimum absolute atomic E-state index is 0.374. The largest absolute Gasteiger partial charge is 0.452 e. The molecule has 3 rings (SSSR count). The summed E-state index contributed by atoms with van der Waals surface area (Å²) in [6.07, 6.45) is 10.4. The highest BCUT2D eigenvalue weighted by Gasteiger charge is 2.30.